The van der Waals surface area contributed by atoms with Crippen LogP contribution in [0.1, 0.15) is 43.0 Å². The van der Waals surface area contributed by atoms with Crippen molar-refractivity contribution in [2.45, 2.75) is 37.5 Å². The normalized spacial score (nSPS) is 10.3. The molecule has 0 aromatic heterocycles. The van der Waals surface area contributed by atoms with Gasteiger partial charge >= 0.3 is 11.9 Å². The topological polar surface area (TPSA) is 61.8 Å². The summed E-state index contributed by atoms with van der Waals surface area (Å²) >= 11 is 1.74. The van der Waals surface area contributed by atoms with E-state index in [4.69, 9.17) is 14.2 Å². The zero-order chi connectivity index (χ0) is 21.6. The highest BCUT2D eigenvalue weighted by Crippen LogP contribution is 2.22. The molecule has 2 aromatic rings. The molecule has 0 aliphatic heterocycles. The first-order chi connectivity index (χ1) is 14.6. The van der Waals surface area contributed by atoms with Crippen LogP contribution in [0.3, 0.4) is 0 Å². The van der Waals surface area contributed by atoms with Gasteiger partial charge in [0, 0.05) is 11.0 Å². The fourth-order valence-electron chi connectivity index (χ4n) is 2.60. The second-order valence-corrected chi connectivity index (χ2v) is 7.79. The van der Waals surface area contributed by atoms with Crippen molar-refractivity contribution in [1.29, 1.82) is 0 Å². The Morgan fingerprint density at radius 1 is 0.900 bits per heavy atom. The highest BCUT2D eigenvalue weighted by atomic mass is 32.2. The molecule has 0 spiro atoms. The Labute approximate surface area is 182 Å². The number of hydrogen-bond acceptors (Lipinski definition) is 6. The smallest absolute Gasteiger partial charge is 0.343 e. The number of rotatable bonds is 13. The minimum Gasteiger partial charge on any atom is -0.494 e. The van der Waals surface area contributed by atoms with Gasteiger partial charge in [0.15, 0.2) is 0 Å². The molecule has 0 saturated heterocycles. The lowest BCUT2D eigenvalue weighted by molar-refractivity contribution is -0.137. The van der Waals surface area contributed by atoms with Crippen molar-refractivity contribution in [3.63, 3.8) is 0 Å². The van der Waals surface area contributed by atoms with E-state index in [1.807, 2.05) is 12.1 Å². The van der Waals surface area contributed by atoms with E-state index in [0.717, 1.165) is 36.3 Å². The van der Waals surface area contributed by atoms with Crippen molar-refractivity contribution >= 4 is 23.7 Å². The van der Waals surface area contributed by atoms with Gasteiger partial charge in [0.05, 0.1) is 18.8 Å². The van der Waals surface area contributed by atoms with Gasteiger partial charge in [0.1, 0.15) is 11.5 Å². The minimum atomic E-state index is -0.394. The first-order valence-electron chi connectivity index (χ1n) is 10.1. The molecule has 0 fully saturated rings. The van der Waals surface area contributed by atoms with Crippen LogP contribution >= 0.6 is 11.8 Å². The second-order valence-electron chi connectivity index (χ2n) is 6.45. The average Bonchev–Trinajstić information content (AvgIpc) is 2.77. The van der Waals surface area contributed by atoms with Crippen molar-refractivity contribution in [3.8, 4) is 11.5 Å². The average molecular weight is 429 g/mol. The van der Waals surface area contributed by atoms with Gasteiger partial charge in [-0.05, 0) is 80.0 Å². The standard InChI is InChI=1S/C24H28O5S/c1-3-23(25)28-18-8-6-5-7-17-27-20-11-9-19(10-12-20)24(26)29-21-13-15-22(16-14-21)30-4-2/h3,9-16H,1,4-8,17-18H2,2H3. The maximum absolute atomic E-state index is 12.3. The van der Waals surface area contributed by atoms with E-state index >= 15 is 0 Å². The molecule has 30 heavy (non-hydrogen) atoms. The first-order valence-corrected chi connectivity index (χ1v) is 11.1. The van der Waals surface area contributed by atoms with Crippen molar-refractivity contribution in [1.82, 2.24) is 0 Å². The molecule has 0 amide bonds. The van der Waals surface area contributed by atoms with Gasteiger partial charge in [0.2, 0.25) is 0 Å². The van der Waals surface area contributed by atoms with E-state index in [1.165, 1.54) is 6.08 Å². The molecule has 2 aromatic carbocycles. The van der Waals surface area contributed by atoms with Gasteiger partial charge in [-0.2, -0.15) is 0 Å². The van der Waals surface area contributed by atoms with Crippen molar-refractivity contribution < 1.29 is 23.8 Å². The number of benzene rings is 2. The Balaban J connectivity index is 1.66. The second kappa shape index (κ2) is 13.5. The number of carbonyl (C=O) groups excluding carboxylic acids is 2. The Bertz CT molecular complexity index is 799. The van der Waals surface area contributed by atoms with Gasteiger partial charge in [-0.15, -0.1) is 11.8 Å². The number of ether oxygens (including phenoxy) is 3. The third-order valence-corrected chi connectivity index (χ3v) is 5.05. The summed E-state index contributed by atoms with van der Waals surface area (Å²) in [6.45, 7) is 6.47. The molecule has 0 aliphatic carbocycles. The van der Waals surface area contributed by atoms with Crippen LogP contribution in [0.4, 0.5) is 0 Å². The Kier molecular flexibility index (Phi) is 10.6. The Morgan fingerprint density at radius 3 is 2.17 bits per heavy atom. The lowest BCUT2D eigenvalue weighted by Gasteiger charge is -2.08. The summed E-state index contributed by atoms with van der Waals surface area (Å²) < 4.78 is 16.0. The molecule has 0 atom stereocenters. The molecule has 0 bridgehead atoms. The number of hydrogen-bond donors (Lipinski definition) is 0. The third-order valence-electron chi connectivity index (χ3n) is 4.15. The van der Waals surface area contributed by atoms with Crippen LogP contribution in [-0.2, 0) is 9.53 Å². The fourth-order valence-corrected chi connectivity index (χ4v) is 3.27. The van der Waals surface area contributed by atoms with Crippen LogP contribution < -0.4 is 9.47 Å². The van der Waals surface area contributed by atoms with E-state index in [0.29, 0.717) is 30.3 Å². The van der Waals surface area contributed by atoms with Crippen LogP contribution in [-0.4, -0.2) is 30.9 Å². The van der Waals surface area contributed by atoms with E-state index in [2.05, 4.69) is 13.5 Å². The minimum absolute atomic E-state index is 0.380. The van der Waals surface area contributed by atoms with Gasteiger partial charge in [0.25, 0.3) is 0 Å². The van der Waals surface area contributed by atoms with E-state index in [9.17, 15) is 9.59 Å². The number of unbranched alkanes of at least 4 members (excludes halogenated alkanes) is 3. The van der Waals surface area contributed by atoms with Crippen molar-refractivity contribution in [2.24, 2.45) is 0 Å². The van der Waals surface area contributed by atoms with Crippen molar-refractivity contribution in [3.05, 3.63) is 66.7 Å². The molecule has 0 saturated carbocycles. The summed E-state index contributed by atoms with van der Waals surface area (Å²) in [5, 5.41) is 0. The maximum atomic E-state index is 12.3. The molecular weight excluding hydrogens is 400 g/mol. The van der Waals surface area contributed by atoms with Crippen LogP contribution in [0.25, 0.3) is 0 Å². The number of esters is 2. The number of carbonyl (C=O) groups is 2. The van der Waals surface area contributed by atoms with Gasteiger partial charge in [-0.3, -0.25) is 0 Å². The summed E-state index contributed by atoms with van der Waals surface area (Å²) in [6, 6.07) is 14.4. The van der Waals surface area contributed by atoms with E-state index in [-0.39, 0.29) is 5.97 Å². The largest absolute Gasteiger partial charge is 0.494 e. The van der Waals surface area contributed by atoms with E-state index < -0.39 is 5.97 Å². The van der Waals surface area contributed by atoms with Crippen molar-refractivity contribution in [2.75, 3.05) is 19.0 Å². The monoisotopic (exact) mass is 428 g/mol. The van der Waals surface area contributed by atoms with E-state index in [1.54, 1.807) is 48.2 Å². The summed E-state index contributed by atoms with van der Waals surface area (Å²) in [6.07, 6.45) is 4.87. The van der Waals surface area contributed by atoms with Crippen LogP contribution in [0.5, 0.6) is 11.5 Å². The summed E-state index contributed by atoms with van der Waals surface area (Å²) in [5.74, 6) is 1.47. The molecular formula is C24H28O5S. The van der Waals surface area contributed by atoms with Gasteiger partial charge in [-0.1, -0.05) is 13.5 Å². The maximum Gasteiger partial charge on any atom is 0.343 e. The third kappa shape index (κ3) is 8.74. The predicted octanol–water partition coefficient (Wildman–Crippen LogP) is 5.69. The van der Waals surface area contributed by atoms with Crippen LogP contribution in [0.2, 0.25) is 0 Å². The summed E-state index contributed by atoms with van der Waals surface area (Å²) in [4.78, 5) is 24.3. The zero-order valence-electron chi connectivity index (χ0n) is 17.3. The quantitative estimate of drug-likeness (QED) is 0.134. The number of thioether (sulfide) groups is 1. The van der Waals surface area contributed by atoms with Crippen LogP contribution in [0.15, 0.2) is 66.1 Å². The zero-order valence-corrected chi connectivity index (χ0v) is 18.1. The predicted molar refractivity (Wildman–Crippen MR) is 119 cm³/mol. The summed E-state index contributed by atoms with van der Waals surface area (Å²) in [7, 11) is 0. The lowest BCUT2D eigenvalue weighted by Crippen LogP contribution is -2.08. The lowest BCUT2D eigenvalue weighted by atomic mass is 10.2. The first kappa shape index (κ1) is 23.5. The molecule has 0 unspecified atom stereocenters. The van der Waals surface area contributed by atoms with Gasteiger partial charge < -0.3 is 14.2 Å². The molecule has 0 aliphatic rings. The summed E-state index contributed by atoms with van der Waals surface area (Å²) in [5.41, 5.74) is 0.475. The Hall–Kier alpha value is -2.73. The highest BCUT2D eigenvalue weighted by Gasteiger charge is 2.09. The molecule has 2 rings (SSSR count). The molecule has 160 valence electrons. The SMILES string of the molecule is C=CC(=O)OCCCCCCOc1ccc(C(=O)Oc2ccc(SCC)cc2)cc1. The Morgan fingerprint density at radius 2 is 1.53 bits per heavy atom. The van der Waals surface area contributed by atoms with Crippen LogP contribution in [0, 0.1) is 0 Å². The molecule has 6 heteroatoms. The highest BCUT2D eigenvalue weighted by molar-refractivity contribution is 7.99. The molecule has 0 N–H and O–H groups in total. The van der Waals surface area contributed by atoms with Gasteiger partial charge in [-0.25, -0.2) is 9.59 Å². The molecule has 5 nitrogen and oxygen atoms in total. The molecule has 0 heterocycles. The fraction of sp³-hybridized carbons (Fsp3) is 0.333. The molecule has 0 radical (unpaired) electrons.